The highest BCUT2D eigenvalue weighted by atomic mass is 14.8. The second kappa shape index (κ2) is 3.42. The first-order chi connectivity index (χ1) is 8.26. The highest BCUT2D eigenvalue weighted by molar-refractivity contribution is 5.88. The van der Waals surface area contributed by atoms with Gasteiger partial charge in [0.1, 0.15) is 0 Å². The molecule has 80 valence electrons. The van der Waals surface area contributed by atoms with E-state index in [9.17, 15) is 0 Å². The molecule has 17 heavy (non-hydrogen) atoms. The fourth-order valence-electron chi connectivity index (χ4n) is 1.76. The largest absolute Gasteiger partial charge is 0.399 e. The molecule has 0 bridgehead atoms. The first-order valence-corrected chi connectivity index (χ1v) is 5.13. The molecular weight excluding hydrogens is 212 g/mol. The number of anilines is 1. The average Bonchev–Trinajstić information content (AvgIpc) is 2.35. The van der Waals surface area contributed by atoms with Crippen LogP contribution < -0.4 is 5.73 Å². The summed E-state index contributed by atoms with van der Waals surface area (Å²) in [5.74, 6) is 0. The Morgan fingerprint density at radius 3 is 2.29 bits per heavy atom. The van der Waals surface area contributed by atoms with Gasteiger partial charge in [0, 0.05) is 5.69 Å². The Bertz CT molecular complexity index is 771. The lowest BCUT2D eigenvalue weighted by atomic mass is 10.2. The lowest BCUT2D eigenvalue weighted by Gasteiger charge is -2.01. The van der Waals surface area contributed by atoms with Crippen LogP contribution in [0, 0.1) is 11.3 Å². The fourth-order valence-corrected chi connectivity index (χ4v) is 1.76. The summed E-state index contributed by atoms with van der Waals surface area (Å²) >= 11 is 0. The minimum absolute atomic E-state index is 0.579. The van der Waals surface area contributed by atoms with Gasteiger partial charge >= 0.3 is 0 Å². The number of benzene rings is 2. The van der Waals surface area contributed by atoms with Crippen molar-refractivity contribution in [1.82, 2.24) is 9.97 Å². The van der Waals surface area contributed by atoms with Gasteiger partial charge in [-0.15, -0.1) is 0 Å². The number of nitriles is 1. The van der Waals surface area contributed by atoms with Gasteiger partial charge in [-0.1, -0.05) is 0 Å². The predicted octanol–water partition coefficient (Wildman–Crippen LogP) is 2.24. The van der Waals surface area contributed by atoms with Crippen LogP contribution in [0.2, 0.25) is 0 Å². The number of fused-ring (bicyclic) bond motifs is 2. The van der Waals surface area contributed by atoms with E-state index >= 15 is 0 Å². The van der Waals surface area contributed by atoms with E-state index < -0.39 is 0 Å². The van der Waals surface area contributed by atoms with E-state index in [4.69, 9.17) is 11.0 Å². The molecule has 3 rings (SSSR count). The highest BCUT2D eigenvalue weighted by Gasteiger charge is 2.02. The van der Waals surface area contributed by atoms with E-state index in [1.54, 1.807) is 30.3 Å². The quantitative estimate of drug-likeness (QED) is 0.465. The summed E-state index contributed by atoms with van der Waals surface area (Å²) < 4.78 is 0. The van der Waals surface area contributed by atoms with E-state index in [0.29, 0.717) is 16.8 Å². The van der Waals surface area contributed by atoms with E-state index in [1.807, 2.05) is 6.07 Å². The molecule has 0 fully saturated rings. The monoisotopic (exact) mass is 220 g/mol. The van der Waals surface area contributed by atoms with Crippen molar-refractivity contribution in [2.75, 3.05) is 5.73 Å². The third-order valence-corrected chi connectivity index (χ3v) is 2.59. The Balaban J connectivity index is 2.40. The Morgan fingerprint density at radius 2 is 1.53 bits per heavy atom. The third kappa shape index (κ3) is 1.54. The van der Waals surface area contributed by atoms with Crippen molar-refractivity contribution in [1.29, 1.82) is 5.26 Å². The molecule has 0 saturated carbocycles. The van der Waals surface area contributed by atoms with Gasteiger partial charge in [0.15, 0.2) is 0 Å². The van der Waals surface area contributed by atoms with Gasteiger partial charge in [-0.25, -0.2) is 9.97 Å². The lowest BCUT2D eigenvalue weighted by molar-refractivity contribution is 1.38. The number of hydrogen-bond acceptors (Lipinski definition) is 4. The Labute approximate surface area is 97.3 Å². The van der Waals surface area contributed by atoms with E-state index in [2.05, 4.69) is 16.0 Å². The molecule has 4 heteroatoms. The Kier molecular flexibility index (Phi) is 1.92. The van der Waals surface area contributed by atoms with Gasteiger partial charge in [0.25, 0.3) is 0 Å². The van der Waals surface area contributed by atoms with Gasteiger partial charge in [0.2, 0.25) is 0 Å². The molecule has 0 aliphatic rings. The second-order valence-electron chi connectivity index (χ2n) is 3.79. The molecule has 2 aromatic carbocycles. The van der Waals surface area contributed by atoms with Gasteiger partial charge in [-0.2, -0.15) is 5.26 Å². The summed E-state index contributed by atoms with van der Waals surface area (Å²) in [5, 5.41) is 8.84. The van der Waals surface area contributed by atoms with Crippen LogP contribution >= 0.6 is 0 Å². The topological polar surface area (TPSA) is 75.6 Å². The molecule has 2 N–H and O–H groups in total. The number of hydrogen-bond donors (Lipinski definition) is 1. The average molecular weight is 220 g/mol. The molecule has 0 unspecified atom stereocenters. The van der Waals surface area contributed by atoms with Crippen LogP contribution in [0.3, 0.4) is 0 Å². The number of nitrogens with zero attached hydrogens (tertiary/aromatic N) is 3. The normalized spacial score (nSPS) is 10.5. The molecule has 0 aliphatic carbocycles. The molecule has 0 spiro atoms. The minimum atomic E-state index is 0.579. The van der Waals surface area contributed by atoms with Crippen LogP contribution in [0.5, 0.6) is 0 Å². The molecule has 1 heterocycles. The summed E-state index contributed by atoms with van der Waals surface area (Å²) in [6.07, 6.45) is 0. The van der Waals surface area contributed by atoms with E-state index in [-0.39, 0.29) is 0 Å². The molecule has 3 aromatic rings. The first-order valence-electron chi connectivity index (χ1n) is 5.13. The standard InChI is InChI=1S/C13H8N4/c14-7-8-1-3-10-12(5-8)17-13-6-9(15)2-4-11(13)16-10/h1-6H,15H2. The van der Waals surface area contributed by atoms with Crippen LogP contribution in [0.4, 0.5) is 5.69 Å². The summed E-state index contributed by atoms with van der Waals surface area (Å²) in [7, 11) is 0. The second-order valence-corrected chi connectivity index (χ2v) is 3.79. The number of nitrogen functional groups attached to an aromatic ring is 1. The smallest absolute Gasteiger partial charge is 0.0992 e. The lowest BCUT2D eigenvalue weighted by Crippen LogP contribution is -1.90. The van der Waals surface area contributed by atoms with Gasteiger partial charge in [-0.3, -0.25) is 0 Å². The maximum absolute atomic E-state index is 8.84. The molecule has 0 radical (unpaired) electrons. The van der Waals surface area contributed by atoms with Crippen molar-refractivity contribution >= 4 is 27.8 Å². The van der Waals surface area contributed by atoms with Crippen molar-refractivity contribution in [3.63, 3.8) is 0 Å². The zero-order valence-corrected chi connectivity index (χ0v) is 8.88. The summed E-state index contributed by atoms with van der Waals surface area (Å²) in [6, 6.07) is 12.8. The van der Waals surface area contributed by atoms with Crippen LogP contribution in [0.25, 0.3) is 22.1 Å². The SMILES string of the molecule is N#Cc1ccc2nc3ccc(N)cc3nc2c1. The number of rotatable bonds is 0. The van der Waals surface area contributed by atoms with E-state index in [1.165, 1.54) is 0 Å². The van der Waals surface area contributed by atoms with Crippen molar-refractivity contribution in [2.24, 2.45) is 0 Å². The Morgan fingerprint density at radius 1 is 0.882 bits per heavy atom. The van der Waals surface area contributed by atoms with Crippen LogP contribution in [0.1, 0.15) is 5.56 Å². The predicted molar refractivity (Wildman–Crippen MR) is 66.2 cm³/mol. The summed E-state index contributed by atoms with van der Waals surface area (Å²) in [6.45, 7) is 0. The first kappa shape index (κ1) is 9.55. The molecule has 0 saturated heterocycles. The zero-order valence-electron chi connectivity index (χ0n) is 8.88. The van der Waals surface area contributed by atoms with Crippen LogP contribution in [0.15, 0.2) is 36.4 Å². The molecule has 1 aromatic heterocycles. The van der Waals surface area contributed by atoms with Crippen molar-refractivity contribution in [3.05, 3.63) is 42.0 Å². The molecule has 0 amide bonds. The van der Waals surface area contributed by atoms with Crippen molar-refractivity contribution in [3.8, 4) is 6.07 Å². The maximum Gasteiger partial charge on any atom is 0.0992 e. The van der Waals surface area contributed by atoms with E-state index in [0.717, 1.165) is 16.6 Å². The maximum atomic E-state index is 8.84. The van der Waals surface area contributed by atoms with Crippen molar-refractivity contribution in [2.45, 2.75) is 0 Å². The number of nitrogens with two attached hydrogens (primary N) is 1. The van der Waals surface area contributed by atoms with Gasteiger partial charge < -0.3 is 5.73 Å². The van der Waals surface area contributed by atoms with Crippen molar-refractivity contribution < 1.29 is 0 Å². The highest BCUT2D eigenvalue weighted by Crippen LogP contribution is 2.18. The van der Waals surface area contributed by atoms with Crippen LogP contribution in [-0.4, -0.2) is 9.97 Å². The number of aromatic nitrogens is 2. The molecule has 0 atom stereocenters. The fraction of sp³-hybridized carbons (Fsp3) is 0. The Hall–Kier alpha value is -2.67. The third-order valence-electron chi connectivity index (χ3n) is 2.59. The summed E-state index contributed by atoms with van der Waals surface area (Å²) in [5.41, 5.74) is 9.97. The zero-order chi connectivity index (χ0) is 11.8. The molecule has 4 nitrogen and oxygen atoms in total. The van der Waals surface area contributed by atoms with Gasteiger partial charge in [-0.05, 0) is 36.4 Å². The van der Waals surface area contributed by atoms with Crippen LogP contribution in [-0.2, 0) is 0 Å². The molecule has 0 aliphatic heterocycles. The molecular formula is C13H8N4. The summed E-state index contributed by atoms with van der Waals surface area (Å²) in [4.78, 5) is 8.92. The van der Waals surface area contributed by atoms with Gasteiger partial charge in [0.05, 0.1) is 33.7 Å². The minimum Gasteiger partial charge on any atom is -0.399 e.